The number of hydrogen-bond donors (Lipinski definition) is 2. The molecular formula is C28H43NO11. The van der Waals surface area contributed by atoms with Crippen molar-refractivity contribution in [1.29, 1.82) is 0 Å². The molecule has 0 radical (unpaired) electrons. The highest BCUT2D eigenvalue weighted by Crippen LogP contribution is 2.32. The third kappa shape index (κ3) is 13.5. The first-order valence-corrected chi connectivity index (χ1v) is 12.8. The van der Waals surface area contributed by atoms with Crippen LogP contribution < -0.4 is 15.2 Å². The van der Waals surface area contributed by atoms with Crippen molar-refractivity contribution in [3.63, 3.8) is 0 Å². The Balaban J connectivity index is 3.19. The minimum atomic E-state index is -1.89. The van der Waals surface area contributed by atoms with Crippen LogP contribution in [0.5, 0.6) is 11.5 Å². The van der Waals surface area contributed by atoms with E-state index in [0.29, 0.717) is 5.56 Å². The smallest absolute Gasteiger partial charge is 0.480 e. The van der Waals surface area contributed by atoms with E-state index in [-0.39, 0.29) is 36.4 Å². The SMILES string of the molecule is C[C@@H](CC(N)(Cc1ccc(OC(=O)OC(C)(C)C)c(OC(=O)OC(C)(C)C)c1)C(=O)O)OC(=O)OCC(C)(C)C. The third-order valence-electron chi connectivity index (χ3n) is 4.69. The molecule has 3 N–H and O–H groups in total. The maximum Gasteiger partial charge on any atom is 0.514 e. The van der Waals surface area contributed by atoms with Crippen molar-refractivity contribution in [1.82, 2.24) is 0 Å². The highest BCUT2D eigenvalue weighted by atomic mass is 16.8. The minimum absolute atomic E-state index is 0.114. The highest BCUT2D eigenvalue weighted by molar-refractivity contribution is 5.79. The van der Waals surface area contributed by atoms with E-state index < -0.39 is 47.3 Å². The number of benzene rings is 1. The molecule has 1 unspecified atom stereocenters. The molecule has 0 aliphatic rings. The quantitative estimate of drug-likeness (QED) is 0.214. The lowest BCUT2D eigenvalue weighted by Gasteiger charge is -2.28. The topological polar surface area (TPSA) is 170 Å². The molecule has 0 bridgehead atoms. The van der Waals surface area contributed by atoms with Crippen LogP contribution in [0.15, 0.2) is 18.2 Å². The van der Waals surface area contributed by atoms with Gasteiger partial charge in [-0.25, -0.2) is 14.4 Å². The predicted octanol–water partition coefficient (Wildman–Crippen LogP) is 5.62. The number of carbonyl (C=O) groups is 4. The molecule has 1 aromatic rings. The summed E-state index contributed by atoms with van der Waals surface area (Å²) in [7, 11) is 0. The van der Waals surface area contributed by atoms with Gasteiger partial charge in [0.05, 0.1) is 6.61 Å². The minimum Gasteiger partial charge on any atom is -0.480 e. The molecule has 0 aliphatic heterocycles. The van der Waals surface area contributed by atoms with Gasteiger partial charge in [0.15, 0.2) is 11.5 Å². The van der Waals surface area contributed by atoms with Crippen LogP contribution in [0.2, 0.25) is 0 Å². The van der Waals surface area contributed by atoms with Gasteiger partial charge in [0.1, 0.15) is 22.8 Å². The Labute approximate surface area is 235 Å². The van der Waals surface area contributed by atoms with E-state index in [4.69, 9.17) is 34.2 Å². The van der Waals surface area contributed by atoms with Crippen molar-refractivity contribution in [2.45, 2.75) is 105 Å². The van der Waals surface area contributed by atoms with Crippen molar-refractivity contribution in [2.24, 2.45) is 11.1 Å². The zero-order valence-corrected chi connectivity index (χ0v) is 25.0. The van der Waals surface area contributed by atoms with E-state index in [9.17, 15) is 24.3 Å². The van der Waals surface area contributed by atoms with Gasteiger partial charge in [-0.05, 0) is 71.6 Å². The number of hydrogen-bond acceptors (Lipinski definition) is 11. The van der Waals surface area contributed by atoms with Crippen molar-refractivity contribution in [3.8, 4) is 11.5 Å². The normalized spacial score (nSPS) is 14.3. The molecule has 0 aliphatic carbocycles. The van der Waals surface area contributed by atoms with Gasteiger partial charge in [-0.15, -0.1) is 0 Å². The number of carboxylic acids is 1. The second kappa shape index (κ2) is 13.2. The van der Waals surface area contributed by atoms with Gasteiger partial charge >= 0.3 is 24.4 Å². The van der Waals surface area contributed by atoms with E-state index >= 15 is 0 Å². The van der Waals surface area contributed by atoms with E-state index in [2.05, 4.69) is 0 Å². The van der Waals surface area contributed by atoms with Gasteiger partial charge in [0.2, 0.25) is 0 Å². The Bertz CT molecular complexity index is 1060. The summed E-state index contributed by atoms with van der Waals surface area (Å²) < 4.78 is 31.1. The molecule has 0 amide bonds. The number of carboxylic acid groups (broad SMARTS) is 1. The van der Waals surface area contributed by atoms with Crippen molar-refractivity contribution >= 4 is 24.4 Å². The summed E-state index contributed by atoms with van der Waals surface area (Å²) in [6, 6.07) is 4.07. The summed E-state index contributed by atoms with van der Waals surface area (Å²) >= 11 is 0. The van der Waals surface area contributed by atoms with Crippen LogP contribution in [0.4, 0.5) is 14.4 Å². The molecule has 12 nitrogen and oxygen atoms in total. The molecule has 1 rings (SSSR count). The average Bonchev–Trinajstić information content (AvgIpc) is 2.70. The molecule has 12 heteroatoms. The average molecular weight is 570 g/mol. The fraction of sp³-hybridized carbons (Fsp3) is 0.643. The highest BCUT2D eigenvalue weighted by Gasteiger charge is 2.37. The molecule has 226 valence electrons. The van der Waals surface area contributed by atoms with Crippen molar-refractivity contribution < 1.29 is 52.7 Å². The Morgan fingerprint density at radius 3 is 1.77 bits per heavy atom. The Morgan fingerprint density at radius 1 is 0.825 bits per heavy atom. The molecule has 0 aromatic heterocycles. The van der Waals surface area contributed by atoms with Crippen LogP contribution in [0.1, 0.15) is 81.2 Å². The number of carbonyl (C=O) groups excluding carboxylic acids is 3. The lowest BCUT2D eigenvalue weighted by atomic mass is 9.86. The molecule has 40 heavy (non-hydrogen) atoms. The first-order chi connectivity index (χ1) is 18.0. The standard InChI is InChI=1S/C28H43NO11/c1-17(36-22(32)35-16-25(2,3)4)14-28(29,21(30)31)15-18-11-12-19(37-23(33)39-26(5,6)7)20(13-18)38-24(34)40-27(8,9)10/h11-13,17H,14-16,29H2,1-10H3,(H,30,31)/t17-,28?/m0/s1. The maximum absolute atomic E-state index is 12.4. The van der Waals surface area contributed by atoms with E-state index in [1.165, 1.54) is 25.1 Å². The summed E-state index contributed by atoms with van der Waals surface area (Å²) in [5.41, 5.74) is 2.68. The van der Waals surface area contributed by atoms with Crippen molar-refractivity contribution in [3.05, 3.63) is 23.8 Å². The van der Waals surface area contributed by atoms with Gasteiger partial charge in [-0.2, -0.15) is 0 Å². The number of nitrogens with two attached hydrogens (primary N) is 1. The van der Waals surface area contributed by atoms with Crippen LogP contribution in [0.25, 0.3) is 0 Å². The molecular weight excluding hydrogens is 526 g/mol. The third-order valence-corrected chi connectivity index (χ3v) is 4.69. The Kier molecular flexibility index (Phi) is 11.4. The maximum atomic E-state index is 12.4. The lowest BCUT2D eigenvalue weighted by molar-refractivity contribution is -0.144. The molecule has 1 aromatic carbocycles. The summed E-state index contributed by atoms with van der Waals surface area (Å²) in [5.74, 6) is -1.74. The van der Waals surface area contributed by atoms with E-state index in [1.54, 1.807) is 41.5 Å². The zero-order chi connectivity index (χ0) is 31.1. The van der Waals surface area contributed by atoms with Gasteiger partial charge < -0.3 is 39.3 Å². The Morgan fingerprint density at radius 2 is 1.32 bits per heavy atom. The Hall–Kier alpha value is -3.54. The van der Waals surface area contributed by atoms with Gasteiger partial charge in [-0.1, -0.05) is 26.8 Å². The molecule has 0 saturated carbocycles. The van der Waals surface area contributed by atoms with Gasteiger partial charge in [-0.3, -0.25) is 4.79 Å². The van der Waals surface area contributed by atoms with Crippen LogP contribution in [0, 0.1) is 5.41 Å². The molecule has 0 fully saturated rings. The second-order valence-electron chi connectivity index (χ2n) is 12.8. The van der Waals surface area contributed by atoms with Gasteiger partial charge in [0, 0.05) is 12.8 Å². The summed E-state index contributed by atoms with van der Waals surface area (Å²) in [4.78, 5) is 48.8. The molecule has 0 spiro atoms. The van der Waals surface area contributed by atoms with Crippen LogP contribution in [-0.2, 0) is 30.2 Å². The monoisotopic (exact) mass is 569 g/mol. The fourth-order valence-electron chi connectivity index (χ4n) is 3.18. The predicted molar refractivity (Wildman–Crippen MR) is 144 cm³/mol. The van der Waals surface area contributed by atoms with Crippen molar-refractivity contribution in [2.75, 3.05) is 6.61 Å². The molecule has 2 atom stereocenters. The zero-order valence-electron chi connectivity index (χ0n) is 25.0. The largest absolute Gasteiger partial charge is 0.514 e. The number of ether oxygens (including phenoxy) is 6. The first kappa shape index (κ1) is 34.5. The van der Waals surface area contributed by atoms with Crippen LogP contribution in [-0.4, -0.2) is 59.0 Å². The number of aliphatic carboxylic acids is 1. The lowest BCUT2D eigenvalue weighted by Crippen LogP contribution is -2.52. The fourth-order valence-corrected chi connectivity index (χ4v) is 3.18. The summed E-state index contributed by atoms with van der Waals surface area (Å²) in [5, 5.41) is 9.92. The second-order valence-corrected chi connectivity index (χ2v) is 12.8. The number of rotatable bonds is 9. The van der Waals surface area contributed by atoms with Gasteiger partial charge in [0.25, 0.3) is 0 Å². The first-order valence-electron chi connectivity index (χ1n) is 12.8. The summed E-state index contributed by atoms with van der Waals surface area (Å²) in [6.45, 7) is 17.1. The van der Waals surface area contributed by atoms with E-state index in [0.717, 1.165) is 0 Å². The van der Waals surface area contributed by atoms with Crippen LogP contribution in [0.3, 0.4) is 0 Å². The molecule has 0 heterocycles. The summed E-state index contributed by atoms with van der Waals surface area (Å²) in [6.07, 6.45) is -4.48. The molecule has 0 saturated heterocycles. The van der Waals surface area contributed by atoms with Crippen LogP contribution >= 0.6 is 0 Å². The van der Waals surface area contributed by atoms with E-state index in [1.807, 2.05) is 20.8 Å².